The summed E-state index contributed by atoms with van der Waals surface area (Å²) in [5, 5.41) is 0.666. The van der Waals surface area contributed by atoms with Gasteiger partial charge in [0.2, 0.25) is 0 Å². The lowest BCUT2D eigenvalue weighted by Crippen LogP contribution is -2.09. The lowest BCUT2D eigenvalue weighted by Gasteiger charge is -2.15. The zero-order valence-electron chi connectivity index (χ0n) is 10.8. The number of nitrogens with two attached hydrogens (primary N) is 1. The molecule has 2 N–H and O–H groups in total. The minimum Gasteiger partial charge on any atom is -0.457 e. The maximum atomic E-state index is 13.8. The second-order valence-corrected chi connectivity index (χ2v) is 4.86. The van der Waals surface area contributed by atoms with Crippen molar-refractivity contribution in [2.75, 3.05) is 0 Å². The van der Waals surface area contributed by atoms with Crippen molar-refractivity contribution >= 4 is 11.6 Å². The highest BCUT2D eigenvalue weighted by Crippen LogP contribution is 2.32. The van der Waals surface area contributed by atoms with Crippen molar-refractivity contribution in [3.8, 4) is 11.5 Å². The van der Waals surface area contributed by atoms with Crippen LogP contribution in [0.2, 0.25) is 5.02 Å². The third-order valence-corrected chi connectivity index (χ3v) is 3.25. The maximum Gasteiger partial charge on any atom is 0.135 e. The molecule has 4 heteroatoms. The first-order valence-electron chi connectivity index (χ1n) is 5.97. The Morgan fingerprint density at radius 3 is 2.63 bits per heavy atom. The van der Waals surface area contributed by atoms with E-state index in [-0.39, 0.29) is 5.82 Å². The van der Waals surface area contributed by atoms with Gasteiger partial charge in [-0.25, -0.2) is 4.39 Å². The Morgan fingerprint density at radius 2 is 2.00 bits per heavy atom. The average Bonchev–Trinajstić information content (AvgIpc) is 2.33. The lowest BCUT2D eigenvalue weighted by molar-refractivity contribution is 0.460. The zero-order chi connectivity index (χ0) is 14.0. The van der Waals surface area contributed by atoms with E-state index in [1.165, 1.54) is 6.07 Å². The molecule has 19 heavy (non-hydrogen) atoms. The number of ether oxygens (including phenoxy) is 1. The molecule has 0 spiro atoms. The SMILES string of the molecule is Cc1cc(Oc2cccc(F)c2C(C)N)ccc1Cl. The van der Waals surface area contributed by atoms with Crippen LogP contribution in [-0.4, -0.2) is 0 Å². The van der Waals surface area contributed by atoms with Gasteiger partial charge in [-0.05, 0) is 49.7 Å². The minimum absolute atomic E-state index is 0.363. The highest BCUT2D eigenvalue weighted by atomic mass is 35.5. The van der Waals surface area contributed by atoms with Crippen molar-refractivity contribution < 1.29 is 9.13 Å². The molecule has 0 amide bonds. The summed E-state index contributed by atoms with van der Waals surface area (Å²) in [5.41, 5.74) is 7.05. The molecular weight excluding hydrogens is 265 g/mol. The predicted molar refractivity (Wildman–Crippen MR) is 75.3 cm³/mol. The topological polar surface area (TPSA) is 35.2 Å². The Morgan fingerprint density at radius 1 is 1.26 bits per heavy atom. The van der Waals surface area contributed by atoms with E-state index in [4.69, 9.17) is 22.1 Å². The Hall–Kier alpha value is -1.58. The van der Waals surface area contributed by atoms with E-state index in [1.807, 2.05) is 6.92 Å². The number of halogens is 2. The molecule has 0 aromatic heterocycles. The number of benzene rings is 2. The first kappa shape index (κ1) is 13.8. The van der Waals surface area contributed by atoms with Crippen molar-refractivity contribution in [2.24, 2.45) is 5.73 Å². The fraction of sp³-hybridized carbons (Fsp3) is 0.200. The van der Waals surface area contributed by atoms with E-state index in [0.717, 1.165) is 5.56 Å². The summed E-state index contributed by atoms with van der Waals surface area (Å²) in [6.45, 7) is 3.60. The van der Waals surface area contributed by atoms with Gasteiger partial charge in [-0.2, -0.15) is 0 Å². The molecule has 0 radical (unpaired) electrons. The highest BCUT2D eigenvalue weighted by molar-refractivity contribution is 6.31. The van der Waals surface area contributed by atoms with Crippen LogP contribution in [0.4, 0.5) is 4.39 Å². The molecule has 100 valence electrons. The molecule has 0 bridgehead atoms. The minimum atomic E-state index is -0.440. The third kappa shape index (κ3) is 3.06. The van der Waals surface area contributed by atoms with Crippen molar-refractivity contribution in [1.29, 1.82) is 0 Å². The summed E-state index contributed by atoms with van der Waals surface area (Å²) in [6.07, 6.45) is 0. The molecule has 0 fully saturated rings. The quantitative estimate of drug-likeness (QED) is 0.891. The third-order valence-electron chi connectivity index (χ3n) is 2.83. The monoisotopic (exact) mass is 279 g/mol. The second kappa shape index (κ2) is 5.59. The zero-order valence-corrected chi connectivity index (χ0v) is 11.5. The number of hydrogen-bond acceptors (Lipinski definition) is 2. The van der Waals surface area contributed by atoms with Crippen LogP contribution < -0.4 is 10.5 Å². The Labute approximate surface area is 117 Å². The van der Waals surface area contributed by atoms with Crippen LogP contribution in [0.5, 0.6) is 11.5 Å². The maximum absolute atomic E-state index is 13.8. The molecule has 1 atom stereocenters. The normalized spacial score (nSPS) is 12.3. The molecule has 1 unspecified atom stereocenters. The Kier molecular flexibility index (Phi) is 4.08. The molecule has 2 nitrogen and oxygen atoms in total. The second-order valence-electron chi connectivity index (χ2n) is 4.45. The summed E-state index contributed by atoms with van der Waals surface area (Å²) in [4.78, 5) is 0. The van der Waals surface area contributed by atoms with E-state index in [2.05, 4.69) is 0 Å². The van der Waals surface area contributed by atoms with E-state index in [1.54, 1.807) is 37.3 Å². The largest absolute Gasteiger partial charge is 0.457 e. The van der Waals surface area contributed by atoms with Gasteiger partial charge in [0.25, 0.3) is 0 Å². The van der Waals surface area contributed by atoms with Gasteiger partial charge in [0, 0.05) is 16.6 Å². The fourth-order valence-electron chi connectivity index (χ4n) is 1.86. The molecule has 0 aliphatic rings. The molecule has 2 aromatic rings. The molecular formula is C15H15ClFNO. The standard InChI is InChI=1S/C15H15ClFNO/c1-9-8-11(6-7-12(9)16)19-14-5-3-4-13(17)15(14)10(2)18/h3-8,10H,18H2,1-2H3. The van der Waals surface area contributed by atoms with Crippen molar-refractivity contribution in [3.05, 3.63) is 58.4 Å². The van der Waals surface area contributed by atoms with Gasteiger partial charge >= 0.3 is 0 Å². The average molecular weight is 280 g/mol. The predicted octanol–water partition coefficient (Wildman–Crippen LogP) is 4.60. The van der Waals surface area contributed by atoms with Gasteiger partial charge in [0.05, 0.1) is 0 Å². The highest BCUT2D eigenvalue weighted by Gasteiger charge is 2.14. The summed E-state index contributed by atoms with van der Waals surface area (Å²) in [7, 11) is 0. The smallest absolute Gasteiger partial charge is 0.135 e. The van der Waals surface area contributed by atoms with E-state index >= 15 is 0 Å². The molecule has 0 saturated heterocycles. The number of aryl methyl sites for hydroxylation is 1. The van der Waals surface area contributed by atoms with Crippen LogP contribution in [0.3, 0.4) is 0 Å². The van der Waals surface area contributed by atoms with E-state index in [0.29, 0.717) is 22.1 Å². The molecule has 0 saturated carbocycles. The summed E-state index contributed by atoms with van der Waals surface area (Å²) in [6, 6.07) is 9.52. The number of hydrogen-bond donors (Lipinski definition) is 1. The van der Waals surface area contributed by atoms with Gasteiger partial charge in [-0.15, -0.1) is 0 Å². The van der Waals surface area contributed by atoms with Crippen molar-refractivity contribution in [2.45, 2.75) is 19.9 Å². The van der Waals surface area contributed by atoms with E-state index in [9.17, 15) is 4.39 Å². The summed E-state index contributed by atoms with van der Waals surface area (Å²) >= 11 is 5.96. The fourth-order valence-corrected chi connectivity index (χ4v) is 1.97. The lowest BCUT2D eigenvalue weighted by atomic mass is 10.1. The van der Waals surface area contributed by atoms with Crippen LogP contribution in [-0.2, 0) is 0 Å². The first-order valence-corrected chi connectivity index (χ1v) is 6.35. The molecule has 2 aromatic carbocycles. The van der Waals surface area contributed by atoms with Crippen LogP contribution >= 0.6 is 11.6 Å². The Bertz CT molecular complexity index is 599. The van der Waals surface area contributed by atoms with Crippen LogP contribution in [0.25, 0.3) is 0 Å². The van der Waals surface area contributed by atoms with Gasteiger partial charge in [0.15, 0.2) is 0 Å². The van der Waals surface area contributed by atoms with Crippen LogP contribution in [0.1, 0.15) is 24.1 Å². The van der Waals surface area contributed by atoms with Gasteiger partial charge in [0.1, 0.15) is 17.3 Å². The van der Waals surface area contributed by atoms with Gasteiger partial charge < -0.3 is 10.5 Å². The van der Waals surface area contributed by atoms with Crippen molar-refractivity contribution in [3.63, 3.8) is 0 Å². The summed E-state index contributed by atoms with van der Waals surface area (Å²) in [5.74, 6) is 0.671. The van der Waals surface area contributed by atoms with Crippen molar-refractivity contribution in [1.82, 2.24) is 0 Å². The Balaban J connectivity index is 2.38. The van der Waals surface area contributed by atoms with Crippen LogP contribution in [0, 0.1) is 12.7 Å². The molecule has 0 aliphatic heterocycles. The van der Waals surface area contributed by atoms with E-state index < -0.39 is 6.04 Å². The molecule has 0 heterocycles. The van der Waals surface area contributed by atoms with Crippen LogP contribution in [0.15, 0.2) is 36.4 Å². The van der Waals surface area contributed by atoms with Gasteiger partial charge in [-0.1, -0.05) is 17.7 Å². The molecule has 0 aliphatic carbocycles. The number of rotatable bonds is 3. The molecule has 2 rings (SSSR count). The van der Waals surface area contributed by atoms with Gasteiger partial charge in [-0.3, -0.25) is 0 Å². The summed E-state index contributed by atoms with van der Waals surface area (Å²) < 4.78 is 19.5. The first-order chi connectivity index (χ1) is 8.99.